The first-order chi connectivity index (χ1) is 8.97. The Morgan fingerprint density at radius 1 is 1.37 bits per heavy atom. The van der Waals surface area contributed by atoms with Gasteiger partial charge in [0.15, 0.2) is 5.69 Å². The SMILES string of the molecule is NC(=O)c1ccc(Cn2ccc(C(=O)O)n2)c(Cl)c1. The smallest absolute Gasteiger partial charge is 0.356 e. The van der Waals surface area contributed by atoms with Crippen LogP contribution in [0, 0.1) is 0 Å². The summed E-state index contributed by atoms with van der Waals surface area (Å²) in [6.07, 6.45) is 1.54. The number of carbonyl (C=O) groups excluding carboxylic acids is 1. The summed E-state index contributed by atoms with van der Waals surface area (Å²) in [4.78, 5) is 21.7. The van der Waals surface area contributed by atoms with Gasteiger partial charge in [-0.25, -0.2) is 4.79 Å². The van der Waals surface area contributed by atoms with Crippen molar-refractivity contribution in [2.45, 2.75) is 6.54 Å². The fourth-order valence-electron chi connectivity index (χ4n) is 1.57. The minimum atomic E-state index is -1.09. The second kappa shape index (κ2) is 5.11. The third-order valence-corrected chi connectivity index (χ3v) is 2.88. The van der Waals surface area contributed by atoms with Gasteiger partial charge in [0, 0.05) is 16.8 Å². The van der Waals surface area contributed by atoms with Crippen LogP contribution in [0.5, 0.6) is 0 Å². The van der Waals surface area contributed by atoms with Gasteiger partial charge >= 0.3 is 5.97 Å². The Morgan fingerprint density at radius 2 is 2.11 bits per heavy atom. The van der Waals surface area contributed by atoms with E-state index in [-0.39, 0.29) is 5.69 Å². The molecule has 0 saturated carbocycles. The van der Waals surface area contributed by atoms with Gasteiger partial charge in [0.1, 0.15) is 0 Å². The molecule has 0 bridgehead atoms. The fraction of sp³-hybridized carbons (Fsp3) is 0.0833. The van der Waals surface area contributed by atoms with Crippen molar-refractivity contribution < 1.29 is 14.7 Å². The summed E-state index contributed by atoms with van der Waals surface area (Å²) in [6.45, 7) is 0.311. The number of carboxylic acids is 1. The molecule has 0 atom stereocenters. The molecule has 98 valence electrons. The standard InChI is InChI=1S/C12H10ClN3O3/c13-9-5-7(11(14)17)1-2-8(9)6-16-4-3-10(15-16)12(18)19/h1-5H,6H2,(H2,14,17)(H,18,19). The predicted octanol–water partition coefficient (Wildman–Crippen LogP) is 1.38. The first-order valence-electron chi connectivity index (χ1n) is 5.32. The second-order valence-electron chi connectivity index (χ2n) is 3.87. The number of amides is 1. The predicted molar refractivity (Wildman–Crippen MR) is 68.3 cm³/mol. The van der Waals surface area contributed by atoms with Gasteiger partial charge < -0.3 is 10.8 Å². The van der Waals surface area contributed by atoms with Gasteiger partial charge in [-0.05, 0) is 23.8 Å². The van der Waals surface area contributed by atoms with Gasteiger partial charge in [-0.2, -0.15) is 5.10 Å². The lowest BCUT2D eigenvalue weighted by Crippen LogP contribution is -2.11. The number of aromatic nitrogens is 2. The first-order valence-corrected chi connectivity index (χ1v) is 5.70. The van der Waals surface area contributed by atoms with Gasteiger partial charge in [-0.15, -0.1) is 0 Å². The van der Waals surface area contributed by atoms with Crippen molar-refractivity contribution in [1.82, 2.24) is 9.78 Å². The van der Waals surface area contributed by atoms with E-state index in [1.54, 1.807) is 18.3 Å². The van der Waals surface area contributed by atoms with E-state index in [1.165, 1.54) is 16.8 Å². The highest BCUT2D eigenvalue weighted by atomic mass is 35.5. The average molecular weight is 280 g/mol. The Morgan fingerprint density at radius 3 is 2.63 bits per heavy atom. The fourth-order valence-corrected chi connectivity index (χ4v) is 1.81. The Bertz CT molecular complexity index is 651. The average Bonchev–Trinajstić information content (AvgIpc) is 2.80. The van der Waals surface area contributed by atoms with Crippen LogP contribution < -0.4 is 5.73 Å². The van der Waals surface area contributed by atoms with E-state index < -0.39 is 11.9 Å². The molecule has 0 fully saturated rings. The van der Waals surface area contributed by atoms with Gasteiger partial charge in [0.05, 0.1) is 6.54 Å². The molecule has 0 aliphatic rings. The molecular weight excluding hydrogens is 270 g/mol. The summed E-state index contributed by atoms with van der Waals surface area (Å²) < 4.78 is 1.45. The molecule has 0 saturated heterocycles. The summed E-state index contributed by atoms with van der Waals surface area (Å²) in [6, 6.07) is 6.09. The molecule has 0 spiro atoms. The lowest BCUT2D eigenvalue weighted by atomic mass is 10.1. The molecule has 1 aromatic heterocycles. The molecule has 0 unspecified atom stereocenters. The number of nitrogens with two attached hydrogens (primary N) is 1. The third kappa shape index (κ3) is 2.92. The molecule has 1 amide bonds. The first kappa shape index (κ1) is 13.1. The number of primary amides is 1. The highest BCUT2D eigenvalue weighted by molar-refractivity contribution is 6.31. The van der Waals surface area contributed by atoms with Crippen LogP contribution in [0.1, 0.15) is 26.4 Å². The van der Waals surface area contributed by atoms with Crippen LogP contribution >= 0.6 is 11.6 Å². The summed E-state index contributed by atoms with van der Waals surface area (Å²) in [5.41, 5.74) is 6.14. The summed E-state index contributed by atoms with van der Waals surface area (Å²) in [5, 5.41) is 13.0. The van der Waals surface area contributed by atoms with E-state index in [9.17, 15) is 9.59 Å². The van der Waals surface area contributed by atoms with Gasteiger partial charge in [-0.3, -0.25) is 9.48 Å². The zero-order valence-electron chi connectivity index (χ0n) is 9.71. The largest absolute Gasteiger partial charge is 0.476 e. The van der Waals surface area contributed by atoms with Crippen molar-refractivity contribution in [1.29, 1.82) is 0 Å². The number of aromatic carboxylic acids is 1. The summed E-state index contributed by atoms with van der Waals surface area (Å²) in [5.74, 6) is -1.64. The minimum absolute atomic E-state index is 0.0371. The molecule has 1 heterocycles. The molecule has 6 nitrogen and oxygen atoms in total. The highest BCUT2D eigenvalue weighted by Gasteiger charge is 2.09. The van der Waals surface area contributed by atoms with Crippen LogP contribution in [0.15, 0.2) is 30.5 Å². The molecule has 3 N–H and O–H groups in total. The van der Waals surface area contributed by atoms with Crippen LogP contribution in [0.3, 0.4) is 0 Å². The molecule has 2 aromatic rings. The van der Waals surface area contributed by atoms with Gasteiger partial charge in [0.25, 0.3) is 0 Å². The maximum atomic E-state index is 11.0. The maximum absolute atomic E-state index is 11.0. The zero-order chi connectivity index (χ0) is 14.0. The number of hydrogen-bond donors (Lipinski definition) is 2. The molecule has 1 aromatic carbocycles. The molecule has 0 radical (unpaired) electrons. The Hall–Kier alpha value is -2.34. The lowest BCUT2D eigenvalue weighted by molar-refractivity contribution is 0.0689. The number of carboxylic acid groups (broad SMARTS) is 1. The van der Waals surface area contributed by atoms with Gasteiger partial charge in [-0.1, -0.05) is 17.7 Å². The quantitative estimate of drug-likeness (QED) is 0.883. The van der Waals surface area contributed by atoms with Crippen LogP contribution in [0.2, 0.25) is 5.02 Å². The Kier molecular flexibility index (Phi) is 3.52. The van der Waals surface area contributed by atoms with Crippen LogP contribution in [0.4, 0.5) is 0 Å². The topological polar surface area (TPSA) is 98.2 Å². The van der Waals surface area contributed by atoms with Crippen molar-refractivity contribution in [2.75, 3.05) is 0 Å². The molecule has 0 aliphatic heterocycles. The number of benzene rings is 1. The lowest BCUT2D eigenvalue weighted by Gasteiger charge is -2.06. The number of rotatable bonds is 4. The number of hydrogen-bond acceptors (Lipinski definition) is 3. The van der Waals surface area contributed by atoms with Crippen molar-refractivity contribution in [2.24, 2.45) is 5.73 Å². The molecule has 2 rings (SSSR count). The number of halogens is 1. The minimum Gasteiger partial charge on any atom is -0.476 e. The number of carbonyl (C=O) groups is 2. The van der Waals surface area contributed by atoms with Crippen LogP contribution in [-0.2, 0) is 6.54 Å². The second-order valence-corrected chi connectivity index (χ2v) is 4.28. The van der Waals surface area contributed by atoms with Crippen molar-refractivity contribution in [3.8, 4) is 0 Å². The molecule has 19 heavy (non-hydrogen) atoms. The monoisotopic (exact) mass is 279 g/mol. The Balaban J connectivity index is 2.23. The van der Waals surface area contributed by atoms with E-state index in [2.05, 4.69) is 5.10 Å². The van der Waals surface area contributed by atoms with E-state index in [0.717, 1.165) is 0 Å². The highest BCUT2D eigenvalue weighted by Crippen LogP contribution is 2.18. The van der Waals surface area contributed by atoms with Crippen LogP contribution in [0.25, 0.3) is 0 Å². The Labute approximate surface area is 113 Å². The summed E-state index contributed by atoms with van der Waals surface area (Å²) >= 11 is 6.03. The molecule has 7 heteroatoms. The molecular formula is C12H10ClN3O3. The van der Waals surface area contributed by atoms with E-state index in [1.807, 2.05) is 0 Å². The van der Waals surface area contributed by atoms with E-state index in [4.69, 9.17) is 22.4 Å². The zero-order valence-corrected chi connectivity index (χ0v) is 10.5. The van der Waals surface area contributed by atoms with Gasteiger partial charge in [0.2, 0.25) is 5.91 Å². The van der Waals surface area contributed by atoms with E-state index >= 15 is 0 Å². The van der Waals surface area contributed by atoms with Crippen LogP contribution in [-0.4, -0.2) is 26.8 Å². The normalized spacial score (nSPS) is 10.4. The molecule has 0 aliphatic carbocycles. The van der Waals surface area contributed by atoms with Crippen molar-refractivity contribution in [3.63, 3.8) is 0 Å². The van der Waals surface area contributed by atoms with E-state index in [0.29, 0.717) is 22.7 Å². The number of nitrogens with zero attached hydrogens (tertiary/aromatic N) is 2. The summed E-state index contributed by atoms with van der Waals surface area (Å²) in [7, 11) is 0. The maximum Gasteiger partial charge on any atom is 0.356 e. The van der Waals surface area contributed by atoms with Crippen molar-refractivity contribution >= 4 is 23.5 Å². The van der Waals surface area contributed by atoms with Crippen molar-refractivity contribution in [3.05, 3.63) is 52.3 Å². The third-order valence-electron chi connectivity index (χ3n) is 2.53.